The van der Waals surface area contributed by atoms with Gasteiger partial charge in [0.15, 0.2) is 0 Å². The molecule has 192 valence electrons. The number of nitrogens with zero attached hydrogens (tertiary/aromatic N) is 1. The normalized spacial score (nSPS) is 16.5. The minimum Gasteiger partial charge on any atom is -0.497 e. The first-order valence-electron chi connectivity index (χ1n) is 12.5. The molecule has 1 atom stereocenters. The van der Waals surface area contributed by atoms with Crippen LogP contribution in [-0.2, 0) is 22.7 Å². The topological polar surface area (TPSA) is 67.9 Å². The fourth-order valence-electron chi connectivity index (χ4n) is 4.60. The van der Waals surface area contributed by atoms with Crippen molar-refractivity contribution in [2.45, 2.75) is 44.9 Å². The van der Waals surface area contributed by atoms with Gasteiger partial charge in [-0.25, -0.2) is 4.79 Å². The van der Waals surface area contributed by atoms with Gasteiger partial charge >= 0.3 is 6.09 Å². The fourth-order valence-corrected chi connectivity index (χ4v) is 4.60. The van der Waals surface area contributed by atoms with Crippen molar-refractivity contribution in [2.24, 2.45) is 0 Å². The molecule has 1 fully saturated rings. The Morgan fingerprint density at radius 3 is 2.27 bits per heavy atom. The standard InChI is InChI=1S/C31H34N2O4/c1-31(2)19-26(29(34)33(31)21-23-14-16-28(36-3)17-15-23)18-27(25-12-8-5-9-13-25)20-32-30(35)37-22-24-10-6-4-7-11-24/h4-18,27H,19-22H2,1-3H3,(H,32,35). The van der Waals surface area contributed by atoms with Gasteiger partial charge in [-0.15, -0.1) is 0 Å². The molecular weight excluding hydrogens is 464 g/mol. The number of carbonyl (C=O) groups excluding carboxylic acids is 2. The minimum absolute atomic E-state index is 0.0217. The van der Waals surface area contributed by atoms with Crippen LogP contribution in [0.2, 0.25) is 0 Å². The zero-order valence-electron chi connectivity index (χ0n) is 21.6. The van der Waals surface area contributed by atoms with Crippen LogP contribution in [0.3, 0.4) is 0 Å². The lowest BCUT2D eigenvalue weighted by molar-refractivity contribution is -0.128. The van der Waals surface area contributed by atoms with E-state index in [0.29, 0.717) is 19.5 Å². The van der Waals surface area contributed by atoms with E-state index in [-0.39, 0.29) is 24.0 Å². The van der Waals surface area contributed by atoms with Crippen LogP contribution in [0.25, 0.3) is 0 Å². The average molecular weight is 499 g/mol. The van der Waals surface area contributed by atoms with E-state index in [1.54, 1.807) is 7.11 Å². The number of rotatable bonds is 9. The van der Waals surface area contributed by atoms with E-state index in [9.17, 15) is 9.59 Å². The average Bonchev–Trinajstić information content (AvgIpc) is 3.13. The van der Waals surface area contributed by atoms with E-state index in [4.69, 9.17) is 9.47 Å². The Morgan fingerprint density at radius 2 is 1.62 bits per heavy atom. The van der Waals surface area contributed by atoms with Gasteiger partial charge in [-0.05, 0) is 42.7 Å². The molecule has 2 amide bonds. The van der Waals surface area contributed by atoms with Crippen molar-refractivity contribution in [1.29, 1.82) is 0 Å². The van der Waals surface area contributed by atoms with Gasteiger partial charge in [0, 0.05) is 36.5 Å². The lowest BCUT2D eigenvalue weighted by atomic mass is 9.93. The van der Waals surface area contributed by atoms with Crippen LogP contribution < -0.4 is 10.1 Å². The molecule has 1 N–H and O–H groups in total. The highest BCUT2D eigenvalue weighted by atomic mass is 16.5. The molecule has 3 aromatic rings. The van der Waals surface area contributed by atoms with Gasteiger partial charge in [0.2, 0.25) is 5.91 Å². The molecule has 0 spiro atoms. The third kappa shape index (κ3) is 6.79. The van der Waals surface area contributed by atoms with Crippen molar-refractivity contribution in [3.63, 3.8) is 0 Å². The predicted molar refractivity (Wildman–Crippen MR) is 144 cm³/mol. The number of alkyl carbamates (subject to hydrolysis) is 1. The monoisotopic (exact) mass is 498 g/mol. The van der Waals surface area contributed by atoms with Crippen LogP contribution in [0, 0.1) is 0 Å². The fraction of sp³-hybridized carbons (Fsp3) is 0.290. The highest BCUT2D eigenvalue weighted by Crippen LogP contribution is 2.36. The number of ether oxygens (including phenoxy) is 2. The Balaban J connectivity index is 1.47. The largest absolute Gasteiger partial charge is 0.497 e. The van der Waals surface area contributed by atoms with Crippen LogP contribution in [0.15, 0.2) is 96.6 Å². The van der Waals surface area contributed by atoms with Gasteiger partial charge < -0.3 is 19.7 Å². The highest BCUT2D eigenvalue weighted by molar-refractivity contribution is 5.97. The minimum atomic E-state index is -0.484. The van der Waals surface area contributed by atoms with Gasteiger partial charge in [-0.2, -0.15) is 0 Å². The summed E-state index contributed by atoms with van der Waals surface area (Å²) in [6.07, 6.45) is 2.15. The maximum atomic E-state index is 13.5. The first kappa shape index (κ1) is 26.0. The van der Waals surface area contributed by atoms with Crippen LogP contribution in [0.4, 0.5) is 4.79 Å². The van der Waals surface area contributed by atoms with Gasteiger partial charge in [0.1, 0.15) is 12.4 Å². The Hall–Kier alpha value is -4.06. The second-order valence-corrected chi connectivity index (χ2v) is 9.88. The Labute approximate surface area is 218 Å². The SMILES string of the molecule is COc1ccc(CN2C(=O)C(=CC(CNC(=O)OCc3ccccc3)c3ccccc3)CC2(C)C)cc1. The maximum Gasteiger partial charge on any atom is 0.407 e. The van der Waals surface area contributed by atoms with Gasteiger partial charge in [-0.1, -0.05) is 78.9 Å². The van der Waals surface area contributed by atoms with Gasteiger partial charge in [-0.3, -0.25) is 4.79 Å². The van der Waals surface area contributed by atoms with Crippen molar-refractivity contribution < 1.29 is 19.1 Å². The number of likely N-dealkylation sites (tertiary alicyclic amines) is 1. The molecule has 0 aromatic heterocycles. The van der Waals surface area contributed by atoms with Gasteiger partial charge in [0.05, 0.1) is 7.11 Å². The van der Waals surface area contributed by atoms with Crippen LogP contribution in [0.5, 0.6) is 5.75 Å². The second-order valence-electron chi connectivity index (χ2n) is 9.88. The Morgan fingerprint density at radius 1 is 0.973 bits per heavy atom. The van der Waals surface area contributed by atoms with E-state index >= 15 is 0 Å². The molecular formula is C31H34N2O4. The number of benzene rings is 3. The van der Waals surface area contributed by atoms with Crippen LogP contribution >= 0.6 is 0 Å². The smallest absolute Gasteiger partial charge is 0.407 e. The summed E-state index contributed by atoms with van der Waals surface area (Å²) in [6, 6.07) is 27.3. The molecule has 1 saturated heterocycles. The molecule has 0 aliphatic carbocycles. The number of carbonyl (C=O) groups is 2. The predicted octanol–water partition coefficient (Wildman–Crippen LogP) is 5.84. The molecule has 1 heterocycles. The first-order chi connectivity index (χ1) is 17.9. The van der Waals surface area contributed by atoms with Crippen molar-refractivity contribution in [1.82, 2.24) is 10.2 Å². The first-order valence-corrected chi connectivity index (χ1v) is 12.5. The Kier molecular flexibility index (Phi) is 8.29. The summed E-state index contributed by atoms with van der Waals surface area (Å²) < 4.78 is 10.6. The highest BCUT2D eigenvalue weighted by Gasteiger charge is 2.41. The quantitative estimate of drug-likeness (QED) is 0.376. The molecule has 4 rings (SSSR count). The van der Waals surface area contributed by atoms with E-state index < -0.39 is 6.09 Å². The Bertz CT molecular complexity index is 1220. The number of hydrogen-bond acceptors (Lipinski definition) is 4. The van der Waals surface area contributed by atoms with Crippen molar-refractivity contribution in [3.05, 3.63) is 113 Å². The molecule has 37 heavy (non-hydrogen) atoms. The van der Waals surface area contributed by atoms with Crippen LogP contribution in [-0.4, -0.2) is 36.1 Å². The lowest BCUT2D eigenvalue weighted by Gasteiger charge is -2.31. The summed E-state index contributed by atoms with van der Waals surface area (Å²) in [6.45, 7) is 5.23. The van der Waals surface area contributed by atoms with Crippen molar-refractivity contribution >= 4 is 12.0 Å². The van der Waals surface area contributed by atoms with Crippen molar-refractivity contribution in [3.8, 4) is 5.75 Å². The molecule has 1 unspecified atom stereocenters. The summed E-state index contributed by atoms with van der Waals surface area (Å²) in [5.41, 5.74) is 3.43. The zero-order valence-corrected chi connectivity index (χ0v) is 21.6. The third-order valence-electron chi connectivity index (χ3n) is 6.68. The van der Waals surface area contributed by atoms with Crippen molar-refractivity contribution in [2.75, 3.05) is 13.7 Å². The molecule has 0 bridgehead atoms. The van der Waals surface area contributed by atoms with E-state index in [1.807, 2.05) is 95.9 Å². The summed E-state index contributed by atoms with van der Waals surface area (Å²) >= 11 is 0. The number of hydrogen-bond donors (Lipinski definition) is 1. The number of nitrogens with one attached hydrogen (secondary N) is 1. The summed E-state index contributed by atoms with van der Waals surface area (Å²) in [5, 5.41) is 2.88. The third-order valence-corrected chi connectivity index (χ3v) is 6.68. The summed E-state index contributed by atoms with van der Waals surface area (Å²) in [4.78, 5) is 27.9. The maximum absolute atomic E-state index is 13.5. The molecule has 6 heteroatoms. The zero-order chi connectivity index (χ0) is 26.3. The molecule has 3 aromatic carbocycles. The molecule has 1 aliphatic rings. The number of methoxy groups -OCH3 is 1. The number of amides is 2. The molecule has 0 radical (unpaired) electrons. The molecule has 0 saturated carbocycles. The van der Waals surface area contributed by atoms with E-state index in [2.05, 4.69) is 19.2 Å². The van der Waals surface area contributed by atoms with E-state index in [1.165, 1.54) is 0 Å². The second kappa shape index (κ2) is 11.8. The summed E-state index contributed by atoms with van der Waals surface area (Å²) in [7, 11) is 1.64. The van der Waals surface area contributed by atoms with Crippen LogP contribution in [0.1, 0.15) is 42.9 Å². The summed E-state index contributed by atoms with van der Waals surface area (Å²) in [5.74, 6) is 0.645. The lowest BCUT2D eigenvalue weighted by Crippen LogP contribution is -2.40. The molecule has 6 nitrogen and oxygen atoms in total. The van der Waals surface area contributed by atoms with Gasteiger partial charge in [0.25, 0.3) is 0 Å². The van der Waals surface area contributed by atoms with E-state index in [0.717, 1.165) is 28.0 Å². The molecule has 1 aliphatic heterocycles.